The van der Waals surface area contributed by atoms with Gasteiger partial charge in [-0.25, -0.2) is 0 Å². The molecule has 1 aromatic carbocycles. The number of fused-ring (bicyclic) bond motifs is 1. The van der Waals surface area contributed by atoms with Crippen LogP contribution >= 0.6 is 24.0 Å². The number of aryl methyl sites for hydroxylation is 1. The molecule has 2 saturated heterocycles. The Labute approximate surface area is 204 Å². The highest BCUT2D eigenvalue weighted by Crippen LogP contribution is 2.37. The van der Waals surface area contributed by atoms with Gasteiger partial charge in [0.1, 0.15) is 4.32 Å². The minimum atomic E-state index is -0.121. The molecule has 176 valence electrons. The molecule has 0 N–H and O–H groups in total. The fourth-order valence-electron chi connectivity index (χ4n) is 4.71. The largest absolute Gasteiger partial charge is 0.372 e. The van der Waals surface area contributed by atoms with Crippen molar-refractivity contribution in [3.05, 3.63) is 45.1 Å². The van der Waals surface area contributed by atoms with Crippen molar-refractivity contribution in [2.24, 2.45) is 5.92 Å². The quantitative estimate of drug-likeness (QED) is 0.459. The van der Waals surface area contributed by atoms with Crippen LogP contribution in [0.25, 0.3) is 17.0 Å². The van der Waals surface area contributed by atoms with E-state index in [0.717, 1.165) is 16.6 Å². The minimum absolute atomic E-state index is 0.0400. The number of aromatic nitrogens is 1. The smallest absolute Gasteiger partial charge is 0.266 e. The van der Waals surface area contributed by atoms with Crippen molar-refractivity contribution in [1.82, 2.24) is 9.47 Å². The van der Waals surface area contributed by atoms with E-state index in [1.807, 2.05) is 25.1 Å². The van der Waals surface area contributed by atoms with Gasteiger partial charge < -0.3 is 14.2 Å². The van der Waals surface area contributed by atoms with Crippen molar-refractivity contribution >= 4 is 56.9 Å². The van der Waals surface area contributed by atoms with Crippen molar-refractivity contribution in [2.45, 2.75) is 53.4 Å². The van der Waals surface area contributed by atoms with E-state index in [9.17, 15) is 9.59 Å². The lowest BCUT2D eigenvalue weighted by atomic mass is 10.0. The third-order valence-corrected chi connectivity index (χ3v) is 7.31. The highest BCUT2D eigenvalue weighted by Gasteiger charge is 2.34. The topological polar surface area (TPSA) is 54.8 Å². The summed E-state index contributed by atoms with van der Waals surface area (Å²) < 4.78 is 8.29. The van der Waals surface area contributed by atoms with E-state index in [0.29, 0.717) is 46.9 Å². The Morgan fingerprint density at radius 2 is 1.85 bits per heavy atom. The van der Waals surface area contributed by atoms with Crippen LogP contribution in [0.5, 0.6) is 0 Å². The third-order valence-electron chi connectivity index (χ3n) is 5.93. The maximum Gasteiger partial charge on any atom is 0.266 e. The zero-order valence-electron chi connectivity index (χ0n) is 19.8. The Morgan fingerprint density at radius 3 is 2.48 bits per heavy atom. The van der Waals surface area contributed by atoms with E-state index < -0.39 is 0 Å². The summed E-state index contributed by atoms with van der Waals surface area (Å²) in [5, 5.41) is 1.00. The van der Waals surface area contributed by atoms with E-state index >= 15 is 0 Å². The summed E-state index contributed by atoms with van der Waals surface area (Å²) in [6.07, 6.45) is 1.84. The van der Waals surface area contributed by atoms with Gasteiger partial charge in [-0.3, -0.25) is 14.5 Å². The second-order valence-corrected chi connectivity index (χ2v) is 10.9. The van der Waals surface area contributed by atoms with E-state index in [2.05, 4.69) is 38.7 Å². The molecule has 2 unspecified atom stereocenters. The number of hydrogen-bond donors (Lipinski definition) is 0. The van der Waals surface area contributed by atoms with Crippen LogP contribution in [0.15, 0.2) is 34.0 Å². The summed E-state index contributed by atoms with van der Waals surface area (Å²) in [5.41, 5.74) is 2.22. The monoisotopic (exact) mass is 485 g/mol. The van der Waals surface area contributed by atoms with Gasteiger partial charge in [0.25, 0.3) is 11.5 Å². The summed E-state index contributed by atoms with van der Waals surface area (Å²) in [4.78, 5) is 31.3. The third kappa shape index (κ3) is 4.61. The number of pyridine rings is 1. The molecule has 1 amide bonds. The first-order valence-corrected chi connectivity index (χ1v) is 12.7. The van der Waals surface area contributed by atoms with E-state index in [1.54, 1.807) is 15.5 Å². The summed E-state index contributed by atoms with van der Waals surface area (Å²) in [5.74, 6) is 0.181. The van der Waals surface area contributed by atoms with Gasteiger partial charge in [-0.1, -0.05) is 56.0 Å². The Hall–Kier alpha value is -2.16. The number of hydrogen-bond acceptors (Lipinski definition) is 6. The number of rotatable bonds is 5. The first-order valence-electron chi connectivity index (χ1n) is 11.5. The van der Waals surface area contributed by atoms with Gasteiger partial charge in [0.05, 0.1) is 33.9 Å². The maximum atomic E-state index is 13.8. The summed E-state index contributed by atoms with van der Waals surface area (Å²) >= 11 is 6.77. The maximum absolute atomic E-state index is 13.8. The summed E-state index contributed by atoms with van der Waals surface area (Å²) in [6, 6.07) is 8.00. The fraction of sp³-hybridized carbons (Fsp3) is 0.480. The number of anilines is 1. The van der Waals surface area contributed by atoms with Crippen molar-refractivity contribution < 1.29 is 9.53 Å². The van der Waals surface area contributed by atoms with E-state index in [4.69, 9.17) is 17.0 Å². The van der Waals surface area contributed by atoms with E-state index in [1.165, 1.54) is 11.8 Å². The number of nitrogens with zero attached hydrogens (tertiary/aromatic N) is 3. The SMILES string of the molecule is CCn1c(=O)c(C=C2SC(=S)N(CC(C)C)C2=O)c(N2CC(C)OC(C)C2)c2ccccc21. The van der Waals surface area contributed by atoms with Crippen LogP contribution in [0.4, 0.5) is 5.69 Å². The number of amides is 1. The molecule has 33 heavy (non-hydrogen) atoms. The van der Waals surface area contributed by atoms with Crippen LogP contribution in [0.1, 0.15) is 40.2 Å². The van der Waals surface area contributed by atoms with Crippen molar-refractivity contribution in [2.75, 3.05) is 24.5 Å². The molecule has 0 spiro atoms. The lowest BCUT2D eigenvalue weighted by Crippen LogP contribution is -2.46. The number of para-hydroxylation sites is 1. The number of carbonyl (C=O) groups excluding carboxylic acids is 1. The Balaban J connectivity index is 1.93. The Morgan fingerprint density at radius 1 is 1.18 bits per heavy atom. The van der Waals surface area contributed by atoms with Crippen LogP contribution in [-0.2, 0) is 16.1 Å². The Kier molecular flexibility index (Phi) is 6.98. The highest BCUT2D eigenvalue weighted by atomic mass is 32.2. The van der Waals surface area contributed by atoms with E-state index in [-0.39, 0.29) is 23.7 Å². The second kappa shape index (κ2) is 9.60. The molecular formula is C25H31N3O3S2. The second-order valence-electron chi connectivity index (χ2n) is 9.18. The number of morpholine rings is 1. The van der Waals surface area contributed by atoms with Gasteiger partial charge in [-0.2, -0.15) is 0 Å². The molecule has 2 fully saturated rings. The lowest BCUT2D eigenvalue weighted by molar-refractivity contribution is -0.122. The molecular weight excluding hydrogens is 454 g/mol. The van der Waals surface area contributed by atoms with Crippen molar-refractivity contribution in [3.63, 3.8) is 0 Å². The number of benzene rings is 1. The van der Waals surface area contributed by atoms with Gasteiger partial charge in [0.2, 0.25) is 0 Å². The molecule has 4 rings (SSSR count). The van der Waals surface area contributed by atoms with Gasteiger partial charge in [0, 0.05) is 31.6 Å². The average Bonchev–Trinajstić information content (AvgIpc) is 3.00. The molecule has 3 heterocycles. The Bertz CT molecular complexity index is 1180. The minimum Gasteiger partial charge on any atom is -0.372 e. The van der Waals surface area contributed by atoms with Crippen molar-refractivity contribution in [3.8, 4) is 0 Å². The van der Waals surface area contributed by atoms with Crippen LogP contribution in [0.3, 0.4) is 0 Å². The zero-order valence-corrected chi connectivity index (χ0v) is 21.5. The number of carbonyl (C=O) groups is 1. The summed E-state index contributed by atoms with van der Waals surface area (Å²) in [7, 11) is 0. The predicted molar refractivity (Wildman–Crippen MR) is 141 cm³/mol. The van der Waals surface area contributed by atoms with Gasteiger partial charge in [0.15, 0.2) is 0 Å². The summed E-state index contributed by atoms with van der Waals surface area (Å²) in [6.45, 7) is 12.7. The van der Waals surface area contributed by atoms with Gasteiger partial charge in [-0.15, -0.1) is 0 Å². The molecule has 0 radical (unpaired) electrons. The van der Waals surface area contributed by atoms with Crippen LogP contribution in [0.2, 0.25) is 0 Å². The van der Waals surface area contributed by atoms with Gasteiger partial charge >= 0.3 is 0 Å². The predicted octanol–water partition coefficient (Wildman–Crippen LogP) is 4.49. The first kappa shape index (κ1) is 24.0. The van der Waals surface area contributed by atoms with Crippen LogP contribution in [-0.4, -0.2) is 51.5 Å². The van der Waals surface area contributed by atoms with Crippen LogP contribution < -0.4 is 10.5 Å². The molecule has 2 aliphatic heterocycles. The molecule has 0 saturated carbocycles. The molecule has 1 aromatic heterocycles. The van der Waals surface area contributed by atoms with Gasteiger partial charge in [-0.05, 0) is 38.8 Å². The molecule has 0 bridgehead atoms. The molecule has 2 aromatic rings. The molecule has 2 atom stereocenters. The molecule has 6 nitrogen and oxygen atoms in total. The standard InChI is InChI=1S/C25H31N3O3S2/c1-6-27-20-10-8-7-9-18(20)22(26-13-16(4)31-17(5)14-26)19(23(27)29)11-21-24(30)28(12-15(2)3)25(32)33-21/h7-11,15-17H,6,12-14H2,1-5H3. The fourth-order valence-corrected chi connectivity index (χ4v) is 5.97. The number of thiocarbonyl (C=S) groups is 1. The molecule has 0 aliphatic carbocycles. The van der Waals surface area contributed by atoms with Crippen molar-refractivity contribution in [1.29, 1.82) is 0 Å². The normalized spacial score (nSPS) is 22.9. The zero-order chi connectivity index (χ0) is 23.9. The highest BCUT2D eigenvalue weighted by molar-refractivity contribution is 8.26. The molecule has 8 heteroatoms. The lowest BCUT2D eigenvalue weighted by Gasteiger charge is -2.38. The first-order chi connectivity index (χ1) is 15.7. The molecule has 2 aliphatic rings. The number of thioether (sulfide) groups is 1. The van der Waals surface area contributed by atoms with Crippen LogP contribution in [0, 0.1) is 5.92 Å². The average molecular weight is 486 g/mol. The number of ether oxygens (including phenoxy) is 1.